The van der Waals surface area contributed by atoms with Gasteiger partial charge in [0.05, 0.1) is 10.6 Å². The molecule has 0 unspecified atom stereocenters. The van der Waals surface area contributed by atoms with Gasteiger partial charge in [-0.25, -0.2) is 9.38 Å². The van der Waals surface area contributed by atoms with Gasteiger partial charge in [-0.1, -0.05) is 12.1 Å². The second kappa shape index (κ2) is 5.73. The molecule has 2 heterocycles. The Bertz CT molecular complexity index is 648. The van der Waals surface area contributed by atoms with E-state index < -0.39 is 0 Å². The summed E-state index contributed by atoms with van der Waals surface area (Å²) in [5.41, 5.74) is 10.5. The molecule has 5 heteroatoms. The van der Waals surface area contributed by atoms with Gasteiger partial charge in [0.15, 0.2) is 0 Å². The second-order valence-corrected chi connectivity index (χ2v) is 5.69. The molecule has 0 spiro atoms. The molecule has 0 bridgehead atoms. The maximum atomic E-state index is 12.1. The molecule has 1 aromatic heterocycles. The summed E-state index contributed by atoms with van der Waals surface area (Å²) in [5.74, 6) is 0.586. The van der Waals surface area contributed by atoms with Crippen molar-refractivity contribution in [2.75, 3.05) is 13.2 Å². The number of fused-ring (bicyclic) bond motifs is 2. The number of amidine groups is 1. The number of thiophene rings is 1. The Morgan fingerprint density at radius 2 is 2.20 bits per heavy atom. The number of alkyl halides is 1. The van der Waals surface area contributed by atoms with Crippen molar-refractivity contribution in [1.29, 1.82) is 0 Å². The highest BCUT2D eigenvalue weighted by molar-refractivity contribution is 7.12. The Labute approximate surface area is 121 Å². The van der Waals surface area contributed by atoms with Crippen LogP contribution in [0.5, 0.6) is 0 Å². The first-order valence-corrected chi connectivity index (χ1v) is 7.45. The first kappa shape index (κ1) is 13.3. The molecule has 0 saturated carbocycles. The Morgan fingerprint density at radius 1 is 1.30 bits per heavy atom. The molecule has 0 fully saturated rings. The van der Waals surface area contributed by atoms with Crippen LogP contribution in [0, 0.1) is 0 Å². The summed E-state index contributed by atoms with van der Waals surface area (Å²) in [5, 5.41) is 5.09. The number of nitrogens with two attached hydrogens (primary N) is 1. The second-order valence-electron chi connectivity index (χ2n) is 4.78. The zero-order valence-corrected chi connectivity index (χ0v) is 11.8. The Kier molecular flexibility index (Phi) is 3.80. The molecule has 2 aromatic rings. The van der Waals surface area contributed by atoms with Crippen LogP contribution in [0.2, 0.25) is 0 Å². The van der Waals surface area contributed by atoms with Crippen molar-refractivity contribution in [2.24, 2.45) is 10.7 Å². The number of benzene rings is 1. The molecule has 0 saturated heterocycles. The monoisotopic (exact) mass is 289 g/mol. The molecule has 3 N–H and O–H groups in total. The fraction of sp³-hybridized carbons (Fsp3) is 0.267. The summed E-state index contributed by atoms with van der Waals surface area (Å²) in [4.78, 5) is 5.61. The number of halogens is 1. The molecule has 1 aromatic carbocycles. The highest BCUT2D eigenvalue weighted by atomic mass is 32.1. The van der Waals surface area contributed by atoms with Crippen molar-refractivity contribution >= 4 is 22.9 Å². The van der Waals surface area contributed by atoms with E-state index in [-0.39, 0.29) is 6.67 Å². The van der Waals surface area contributed by atoms with Crippen LogP contribution in [0.25, 0.3) is 0 Å². The molecule has 3 rings (SSSR count). The Morgan fingerprint density at radius 3 is 3.05 bits per heavy atom. The van der Waals surface area contributed by atoms with E-state index in [1.54, 1.807) is 11.3 Å². The van der Waals surface area contributed by atoms with Crippen molar-refractivity contribution in [3.8, 4) is 0 Å². The molecule has 104 valence electrons. The first-order chi connectivity index (χ1) is 9.78. The highest BCUT2D eigenvalue weighted by Crippen LogP contribution is 2.31. The Hall–Kier alpha value is -1.72. The van der Waals surface area contributed by atoms with E-state index in [4.69, 9.17) is 5.73 Å². The number of nitrogens with one attached hydrogen (secondary N) is 1. The third kappa shape index (κ3) is 2.59. The fourth-order valence-corrected chi connectivity index (χ4v) is 3.18. The predicted molar refractivity (Wildman–Crippen MR) is 81.6 cm³/mol. The summed E-state index contributed by atoms with van der Waals surface area (Å²) in [6.45, 7) is 0.671. The largest absolute Gasteiger partial charge is 0.382 e. The van der Waals surface area contributed by atoms with Gasteiger partial charge < -0.3 is 11.1 Å². The zero-order chi connectivity index (χ0) is 13.9. The van der Waals surface area contributed by atoms with Gasteiger partial charge in [0, 0.05) is 19.5 Å². The smallest absolute Gasteiger partial charge is 0.141 e. The minimum absolute atomic E-state index is 0.351. The van der Waals surface area contributed by atoms with Crippen molar-refractivity contribution in [3.05, 3.63) is 51.2 Å². The number of nitrogens with zero attached hydrogens (tertiary/aromatic N) is 1. The minimum Gasteiger partial charge on any atom is -0.382 e. The van der Waals surface area contributed by atoms with Crippen LogP contribution in [-0.2, 0) is 13.0 Å². The van der Waals surface area contributed by atoms with E-state index in [1.165, 1.54) is 11.1 Å². The summed E-state index contributed by atoms with van der Waals surface area (Å²) >= 11 is 1.63. The molecule has 1 aliphatic rings. The van der Waals surface area contributed by atoms with Gasteiger partial charge in [-0.2, -0.15) is 0 Å². The lowest BCUT2D eigenvalue weighted by Crippen LogP contribution is -2.15. The van der Waals surface area contributed by atoms with Crippen LogP contribution >= 0.6 is 11.3 Å². The molecular weight excluding hydrogens is 273 g/mol. The summed E-state index contributed by atoms with van der Waals surface area (Å²) < 4.78 is 12.1. The van der Waals surface area contributed by atoms with E-state index >= 15 is 0 Å². The predicted octanol–water partition coefficient (Wildman–Crippen LogP) is 2.75. The van der Waals surface area contributed by atoms with Crippen LogP contribution in [0.3, 0.4) is 0 Å². The van der Waals surface area contributed by atoms with Crippen molar-refractivity contribution in [2.45, 2.75) is 13.0 Å². The Balaban J connectivity index is 1.90. The van der Waals surface area contributed by atoms with E-state index in [9.17, 15) is 4.39 Å². The maximum absolute atomic E-state index is 12.1. The average Bonchev–Trinajstić information content (AvgIpc) is 2.85. The molecule has 0 atom stereocenters. The molecular formula is C15H16FN3S. The van der Waals surface area contributed by atoms with Gasteiger partial charge in [0.2, 0.25) is 0 Å². The SMILES string of the molecule is NC1=Nc2cc(CNCCF)ccc2Cc2ccsc21. The number of aliphatic imine (C=N–C) groups is 1. The molecule has 3 nitrogen and oxygen atoms in total. The molecule has 1 aliphatic heterocycles. The topological polar surface area (TPSA) is 50.4 Å². The number of hydrogen-bond acceptors (Lipinski definition) is 4. The normalized spacial score (nSPS) is 13.3. The lowest BCUT2D eigenvalue weighted by molar-refractivity contribution is 0.467. The quantitative estimate of drug-likeness (QED) is 0.850. The maximum Gasteiger partial charge on any atom is 0.141 e. The van der Waals surface area contributed by atoms with Crippen LogP contribution in [0.1, 0.15) is 21.6 Å². The molecule has 20 heavy (non-hydrogen) atoms. The fourth-order valence-electron chi connectivity index (χ4n) is 2.36. The van der Waals surface area contributed by atoms with Gasteiger partial charge in [-0.3, -0.25) is 0 Å². The van der Waals surface area contributed by atoms with Crippen molar-refractivity contribution in [3.63, 3.8) is 0 Å². The molecule has 0 aliphatic carbocycles. The minimum atomic E-state index is -0.351. The molecule has 0 amide bonds. The van der Waals surface area contributed by atoms with Gasteiger partial charge >= 0.3 is 0 Å². The summed E-state index contributed by atoms with van der Waals surface area (Å²) in [6, 6.07) is 8.29. The van der Waals surface area contributed by atoms with E-state index in [1.807, 2.05) is 11.4 Å². The van der Waals surface area contributed by atoms with Crippen LogP contribution < -0.4 is 11.1 Å². The lowest BCUT2D eigenvalue weighted by atomic mass is 10.0. The standard InChI is InChI=1S/C15H16FN3S/c16-4-5-18-9-10-1-2-11-8-12-3-6-20-14(12)15(17)19-13(11)7-10/h1-3,6-7,18H,4-5,8-9H2,(H2,17,19). The third-order valence-electron chi connectivity index (χ3n) is 3.35. The highest BCUT2D eigenvalue weighted by Gasteiger charge is 2.16. The lowest BCUT2D eigenvalue weighted by Gasteiger charge is -2.07. The number of hydrogen-bond donors (Lipinski definition) is 2. The van der Waals surface area contributed by atoms with E-state index in [2.05, 4.69) is 28.5 Å². The van der Waals surface area contributed by atoms with Gasteiger partial charge in [0.1, 0.15) is 12.5 Å². The summed E-state index contributed by atoms with van der Waals surface area (Å²) in [6.07, 6.45) is 0.858. The van der Waals surface area contributed by atoms with E-state index in [0.717, 1.165) is 22.5 Å². The third-order valence-corrected chi connectivity index (χ3v) is 4.33. The number of rotatable bonds is 4. The van der Waals surface area contributed by atoms with Crippen molar-refractivity contribution in [1.82, 2.24) is 5.32 Å². The van der Waals surface area contributed by atoms with Crippen molar-refractivity contribution < 1.29 is 4.39 Å². The van der Waals surface area contributed by atoms with E-state index in [0.29, 0.717) is 18.9 Å². The van der Waals surface area contributed by atoms with Crippen LogP contribution in [0.15, 0.2) is 34.6 Å². The van der Waals surface area contributed by atoms with Crippen LogP contribution in [0.4, 0.5) is 10.1 Å². The van der Waals surface area contributed by atoms with Crippen LogP contribution in [-0.4, -0.2) is 19.1 Å². The van der Waals surface area contributed by atoms with Gasteiger partial charge in [-0.05, 0) is 34.2 Å². The zero-order valence-electron chi connectivity index (χ0n) is 11.0. The summed E-state index contributed by atoms with van der Waals surface area (Å²) in [7, 11) is 0. The van der Waals surface area contributed by atoms with Gasteiger partial charge in [0.25, 0.3) is 0 Å². The first-order valence-electron chi connectivity index (χ1n) is 6.57. The average molecular weight is 289 g/mol. The van der Waals surface area contributed by atoms with Gasteiger partial charge in [-0.15, -0.1) is 11.3 Å². The molecule has 0 radical (unpaired) electrons.